The predicted octanol–water partition coefficient (Wildman–Crippen LogP) is 3.67. The topological polar surface area (TPSA) is 66.5 Å². The summed E-state index contributed by atoms with van der Waals surface area (Å²) in [4.78, 5) is 16.4. The van der Waals surface area contributed by atoms with Crippen molar-refractivity contribution in [1.29, 1.82) is 0 Å². The lowest BCUT2D eigenvalue weighted by atomic mass is 10.1. The third-order valence-electron chi connectivity index (χ3n) is 3.94. The third kappa shape index (κ3) is 2.96. The van der Waals surface area contributed by atoms with Crippen molar-refractivity contribution in [2.24, 2.45) is 0 Å². The highest BCUT2D eigenvalue weighted by Gasteiger charge is 2.05. The van der Waals surface area contributed by atoms with Gasteiger partial charge in [-0.15, -0.1) is 0 Å². The molecule has 0 atom stereocenters. The Morgan fingerprint density at radius 1 is 0.875 bits per heavy atom. The molecule has 0 bridgehead atoms. The lowest BCUT2D eigenvalue weighted by molar-refractivity contribution is 0.990. The summed E-state index contributed by atoms with van der Waals surface area (Å²) in [6.45, 7) is 0.771. The Hall–Kier alpha value is -3.21. The second-order valence-corrected chi connectivity index (χ2v) is 5.52. The van der Waals surface area contributed by atoms with Gasteiger partial charge in [0.25, 0.3) is 0 Å². The molecule has 0 spiro atoms. The van der Waals surface area contributed by atoms with Crippen LogP contribution in [0.2, 0.25) is 0 Å². The smallest absolute Gasteiger partial charge is 0.223 e. The SMILES string of the molecule is c1ccc(-c2ccnc(NCCc3c[nH]c4ccccc34)n2)nc1. The molecule has 5 heteroatoms. The maximum absolute atomic E-state index is 4.53. The van der Waals surface area contributed by atoms with Gasteiger partial charge in [0, 0.05) is 36.0 Å². The molecule has 0 amide bonds. The first-order chi connectivity index (χ1) is 11.9. The Balaban J connectivity index is 1.45. The van der Waals surface area contributed by atoms with Crippen LogP contribution in [0.5, 0.6) is 0 Å². The molecule has 3 aromatic heterocycles. The van der Waals surface area contributed by atoms with Gasteiger partial charge in [0.2, 0.25) is 5.95 Å². The minimum Gasteiger partial charge on any atom is -0.361 e. The van der Waals surface area contributed by atoms with Crippen molar-refractivity contribution >= 4 is 16.9 Å². The van der Waals surface area contributed by atoms with Gasteiger partial charge in [-0.3, -0.25) is 4.98 Å². The fourth-order valence-corrected chi connectivity index (χ4v) is 2.75. The molecular weight excluding hydrogens is 298 g/mol. The average Bonchev–Trinajstić information content (AvgIpc) is 3.06. The number of aromatic amines is 1. The van der Waals surface area contributed by atoms with Crippen LogP contribution in [0.3, 0.4) is 0 Å². The van der Waals surface area contributed by atoms with E-state index >= 15 is 0 Å². The molecule has 0 saturated carbocycles. The van der Waals surface area contributed by atoms with E-state index in [1.807, 2.05) is 30.3 Å². The fraction of sp³-hybridized carbons (Fsp3) is 0.105. The van der Waals surface area contributed by atoms with Gasteiger partial charge in [-0.2, -0.15) is 0 Å². The van der Waals surface area contributed by atoms with Crippen LogP contribution in [0.25, 0.3) is 22.3 Å². The number of hydrogen-bond donors (Lipinski definition) is 2. The molecule has 2 N–H and O–H groups in total. The van der Waals surface area contributed by atoms with Gasteiger partial charge in [-0.1, -0.05) is 24.3 Å². The molecule has 1 aromatic carbocycles. The Morgan fingerprint density at radius 3 is 2.71 bits per heavy atom. The molecule has 0 radical (unpaired) electrons. The lowest BCUT2D eigenvalue weighted by Gasteiger charge is -2.06. The maximum Gasteiger partial charge on any atom is 0.223 e. The third-order valence-corrected chi connectivity index (χ3v) is 3.94. The van der Waals surface area contributed by atoms with Crippen LogP contribution in [0.1, 0.15) is 5.56 Å². The van der Waals surface area contributed by atoms with Gasteiger partial charge in [0.15, 0.2) is 0 Å². The highest BCUT2D eigenvalue weighted by atomic mass is 15.1. The largest absolute Gasteiger partial charge is 0.361 e. The number of benzene rings is 1. The molecule has 3 heterocycles. The molecular formula is C19H17N5. The van der Waals surface area contributed by atoms with E-state index in [4.69, 9.17) is 0 Å². The summed E-state index contributed by atoms with van der Waals surface area (Å²) in [5.41, 5.74) is 4.12. The fourth-order valence-electron chi connectivity index (χ4n) is 2.75. The number of fused-ring (bicyclic) bond motifs is 1. The van der Waals surface area contributed by atoms with Crippen molar-refractivity contribution in [3.05, 3.63) is 72.7 Å². The summed E-state index contributed by atoms with van der Waals surface area (Å²) in [7, 11) is 0. The molecule has 4 rings (SSSR count). The van der Waals surface area contributed by atoms with Crippen molar-refractivity contribution < 1.29 is 0 Å². The van der Waals surface area contributed by atoms with Crippen LogP contribution in [0, 0.1) is 0 Å². The first kappa shape index (κ1) is 14.4. The number of H-pyrrole nitrogens is 1. The number of pyridine rings is 1. The number of hydrogen-bond acceptors (Lipinski definition) is 4. The monoisotopic (exact) mass is 315 g/mol. The minimum absolute atomic E-state index is 0.623. The first-order valence-corrected chi connectivity index (χ1v) is 7.93. The summed E-state index contributed by atoms with van der Waals surface area (Å²) in [6.07, 6.45) is 6.49. The van der Waals surface area contributed by atoms with E-state index in [0.717, 1.165) is 24.4 Å². The standard InChI is InChI=1S/C19H17N5/c1-2-6-16-15(5-1)14(13-23-16)8-11-21-19-22-12-9-18(24-19)17-7-3-4-10-20-17/h1-7,9-10,12-13,23H,8,11H2,(H,21,22,24). The van der Waals surface area contributed by atoms with Gasteiger partial charge in [0.1, 0.15) is 0 Å². The van der Waals surface area contributed by atoms with Crippen molar-refractivity contribution in [2.75, 3.05) is 11.9 Å². The molecule has 0 aliphatic carbocycles. The highest BCUT2D eigenvalue weighted by Crippen LogP contribution is 2.18. The zero-order valence-corrected chi connectivity index (χ0v) is 13.1. The number of aromatic nitrogens is 4. The van der Waals surface area contributed by atoms with Crippen LogP contribution in [-0.2, 0) is 6.42 Å². The van der Waals surface area contributed by atoms with Gasteiger partial charge >= 0.3 is 0 Å². The molecule has 5 nitrogen and oxygen atoms in total. The van der Waals surface area contributed by atoms with E-state index in [2.05, 4.69) is 49.6 Å². The summed E-state index contributed by atoms with van der Waals surface area (Å²) < 4.78 is 0. The molecule has 24 heavy (non-hydrogen) atoms. The van der Waals surface area contributed by atoms with Crippen LogP contribution in [0.4, 0.5) is 5.95 Å². The first-order valence-electron chi connectivity index (χ1n) is 7.93. The predicted molar refractivity (Wildman–Crippen MR) is 95.8 cm³/mol. The normalized spacial score (nSPS) is 10.8. The van der Waals surface area contributed by atoms with Gasteiger partial charge in [-0.05, 0) is 36.2 Å². The molecule has 0 aliphatic heterocycles. The number of rotatable bonds is 5. The van der Waals surface area contributed by atoms with Crippen LogP contribution < -0.4 is 5.32 Å². The van der Waals surface area contributed by atoms with Crippen molar-refractivity contribution in [1.82, 2.24) is 19.9 Å². The molecule has 118 valence electrons. The average molecular weight is 315 g/mol. The van der Waals surface area contributed by atoms with Crippen LogP contribution in [-0.4, -0.2) is 26.5 Å². The summed E-state index contributed by atoms with van der Waals surface area (Å²) >= 11 is 0. The van der Waals surface area contributed by atoms with E-state index < -0.39 is 0 Å². The number of nitrogens with one attached hydrogen (secondary N) is 2. The van der Waals surface area contributed by atoms with Crippen molar-refractivity contribution in [3.8, 4) is 11.4 Å². The molecule has 0 fully saturated rings. The van der Waals surface area contributed by atoms with Gasteiger partial charge in [0.05, 0.1) is 11.4 Å². The number of nitrogens with zero attached hydrogens (tertiary/aromatic N) is 3. The summed E-state index contributed by atoms with van der Waals surface area (Å²) in [5.74, 6) is 0.623. The van der Waals surface area contributed by atoms with E-state index in [0.29, 0.717) is 5.95 Å². The van der Waals surface area contributed by atoms with E-state index in [1.165, 1.54) is 16.5 Å². The number of para-hydroxylation sites is 1. The maximum atomic E-state index is 4.53. The Bertz CT molecular complexity index is 946. The Labute approximate surface area is 139 Å². The lowest BCUT2D eigenvalue weighted by Crippen LogP contribution is -2.08. The van der Waals surface area contributed by atoms with Gasteiger partial charge in [-0.25, -0.2) is 9.97 Å². The second kappa shape index (κ2) is 6.50. The minimum atomic E-state index is 0.623. The zero-order chi connectivity index (χ0) is 16.2. The van der Waals surface area contributed by atoms with Crippen molar-refractivity contribution in [3.63, 3.8) is 0 Å². The molecule has 0 aliphatic rings. The summed E-state index contributed by atoms with van der Waals surface area (Å²) in [5, 5.41) is 4.56. The van der Waals surface area contributed by atoms with Crippen molar-refractivity contribution in [2.45, 2.75) is 6.42 Å². The molecule has 0 unspecified atom stereocenters. The molecule has 4 aromatic rings. The van der Waals surface area contributed by atoms with E-state index in [-0.39, 0.29) is 0 Å². The quantitative estimate of drug-likeness (QED) is 0.589. The van der Waals surface area contributed by atoms with E-state index in [1.54, 1.807) is 12.4 Å². The zero-order valence-electron chi connectivity index (χ0n) is 13.1. The van der Waals surface area contributed by atoms with Crippen LogP contribution in [0.15, 0.2) is 67.1 Å². The Kier molecular flexibility index (Phi) is 3.90. The Morgan fingerprint density at radius 2 is 1.79 bits per heavy atom. The second-order valence-electron chi connectivity index (χ2n) is 5.52. The van der Waals surface area contributed by atoms with E-state index in [9.17, 15) is 0 Å². The summed E-state index contributed by atoms with van der Waals surface area (Å²) in [6, 6.07) is 16.0. The van der Waals surface area contributed by atoms with Crippen LogP contribution >= 0.6 is 0 Å². The van der Waals surface area contributed by atoms with Gasteiger partial charge < -0.3 is 10.3 Å². The number of anilines is 1. The highest BCUT2D eigenvalue weighted by molar-refractivity contribution is 5.83. The molecule has 0 saturated heterocycles.